The molecule has 0 bridgehead atoms. The van der Waals surface area contributed by atoms with Crippen LogP contribution >= 0.6 is 0 Å². The second-order valence-electron chi connectivity index (χ2n) is 5.61. The van der Waals surface area contributed by atoms with E-state index >= 15 is 0 Å². The molecule has 0 atom stereocenters. The molecule has 1 saturated heterocycles. The minimum Gasteiger partial charge on any atom is -0.497 e. The van der Waals surface area contributed by atoms with Crippen LogP contribution in [0.5, 0.6) is 11.5 Å². The first-order chi connectivity index (χ1) is 11.6. The molecule has 0 spiro atoms. The summed E-state index contributed by atoms with van der Waals surface area (Å²) in [6, 6.07) is 5.38. The third kappa shape index (κ3) is 5.30. The molecule has 1 aromatic rings. The summed E-state index contributed by atoms with van der Waals surface area (Å²) in [6.45, 7) is 2.02. The van der Waals surface area contributed by atoms with Crippen molar-refractivity contribution in [1.29, 1.82) is 0 Å². The van der Waals surface area contributed by atoms with E-state index < -0.39 is 0 Å². The average Bonchev–Trinajstić information content (AvgIpc) is 3.14. The van der Waals surface area contributed by atoms with Crippen molar-refractivity contribution in [3.05, 3.63) is 29.8 Å². The van der Waals surface area contributed by atoms with Crippen LogP contribution in [0.15, 0.2) is 24.3 Å². The largest absolute Gasteiger partial charge is 0.497 e. The van der Waals surface area contributed by atoms with Gasteiger partial charge < -0.3 is 19.7 Å². The maximum Gasteiger partial charge on any atom is 0.244 e. The normalized spacial score (nSPS) is 14.0. The Morgan fingerprint density at radius 3 is 2.33 bits per heavy atom. The second kappa shape index (κ2) is 8.96. The maximum atomic E-state index is 11.9. The number of ether oxygens (including phenoxy) is 2. The van der Waals surface area contributed by atoms with E-state index in [2.05, 4.69) is 5.32 Å². The highest BCUT2D eigenvalue weighted by molar-refractivity contribution is 5.92. The lowest BCUT2D eigenvalue weighted by Gasteiger charge is -2.14. The summed E-state index contributed by atoms with van der Waals surface area (Å²) in [7, 11) is 3.15. The molecule has 6 nitrogen and oxygen atoms in total. The predicted octanol–water partition coefficient (Wildman–Crippen LogP) is 1.85. The zero-order chi connectivity index (χ0) is 17.4. The molecule has 1 heterocycles. The number of methoxy groups -OCH3 is 2. The lowest BCUT2D eigenvalue weighted by atomic mass is 10.2. The zero-order valence-electron chi connectivity index (χ0n) is 14.2. The number of carbonyl (C=O) groups is 2. The summed E-state index contributed by atoms with van der Waals surface area (Å²) >= 11 is 0. The van der Waals surface area contributed by atoms with Crippen LogP contribution in [0.3, 0.4) is 0 Å². The van der Waals surface area contributed by atoms with Gasteiger partial charge in [0.1, 0.15) is 11.5 Å². The highest BCUT2D eigenvalue weighted by Crippen LogP contribution is 2.23. The number of benzene rings is 1. The molecule has 130 valence electrons. The van der Waals surface area contributed by atoms with Gasteiger partial charge in [0.15, 0.2) is 0 Å². The number of hydrogen-bond acceptors (Lipinski definition) is 4. The van der Waals surface area contributed by atoms with Crippen LogP contribution in [0.2, 0.25) is 0 Å². The Balaban J connectivity index is 1.81. The van der Waals surface area contributed by atoms with E-state index in [1.165, 1.54) is 6.08 Å². The topological polar surface area (TPSA) is 67.9 Å². The van der Waals surface area contributed by atoms with Gasteiger partial charge in [0.2, 0.25) is 11.8 Å². The molecule has 2 rings (SSSR count). The predicted molar refractivity (Wildman–Crippen MR) is 92.0 cm³/mol. The Morgan fingerprint density at radius 1 is 1.12 bits per heavy atom. The van der Waals surface area contributed by atoms with Crippen LogP contribution in [0.1, 0.15) is 24.8 Å². The molecule has 6 heteroatoms. The Labute approximate surface area is 142 Å². The van der Waals surface area contributed by atoms with Gasteiger partial charge in [0, 0.05) is 38.2 Å². The summed E-state index contributed by atoms with van der Waals surface area (Å²) in [5.41, 5.74) is 0.800. The van der Waals surface area contributed by atoms with Crippen LogP contribution in [0, 0.1) is 0 Å². The van der Waals surface area contributed by atoms with Gasteiger partial charge >= 0.3 is 0 Å². The first kappa shape index (κ1) is 17.8. The van der Waals surface area contributed by atoms with E-state index in [0.717, 1.165) is 31.5 Å². The molecule has 1 aliphatic rings. The van der Waals surface area contributed by atoms with Crippen molar-refractivity contribution < 1.29 is 19.1 Å². The van der Waals surface area contributed by atoms with E-state index in [1.54, 1.807) is 26.4 Å². The van der Waals surface area contributed by atoms with Gasteiger partial charge in [-0.1, -0.05) is 0 Å². The molecule has 0 saturated carbocycles. The van der Waals surface area contributed by atoms with Gasteiger partial charge in [-0.15, -0.1) is 0 Å². The number of nitrogens with one attached hydrogen (secondary N) is 1. The Morgan fingerprint density at radius 2 is 1.75 bits per heavy atom. The van der Waals surface area contributed by atoms with Crippen LogP contribution < -0.4 is 14.8 Å². The SMILES string of the molecule is COc1cc(/C=C/C(=O)NCCC(=O)N2CCCC2)cc(OC)c1. The fraction of sp³-hybridized carbons (Fsp3) is 0.444. The van der Waals surface area contributed by atoms with Crippen molar-refractivity contribution in [2.75, 3.05) is 33.9 Å². The van der Waals surface area contributed by atoms with Crippen molar-refractivity contribution in [1.82, 2.24) is 10.2 Å². The Kier molecular flexibility index (Phi) is 6.66. The van der Waals surface area contributed by atoms with E-state index in [0.29, 0.717) is 24.5 Å². The van der Waals surface area contributed by atoms with E-state index in [4.69, 9.17) is 9.47 Å². The van der Waals surface area contributed by atoms with Gasteiger partial charge in [-0.3, -0.25) is 9.59 Å². The summed E-state index contributed by atoms with van der Waals surface area (Å²) < 4.78 is 10.4. The van der Waals surface area contributed by atoms with Gasteiger partial charge in [-0.2, -0.15) is 0 Å². The van der Waals surface area contributed by atoms with Crippen molar-refractivity contribution in [2.24, 2.45) is 0 Å². The second-order valence-corrected chi connectivity index (χ2v) is 5.61. The smallest absolute Gasteiger partial charge is 0.244 e. The quantitative estimate of drug-likeness (QED) is 0.774. The lowest BCUT2D eigenvalue weighted by molar-refractivity contribution is -0.130. The standard InChI is InChI=1S/C18H24N2O4/c1-23-15-11-14(12-16(13-15)24-2)5-6-17(21)19-8-7-18(22)20-9-3-4-10-20/h5-6,11-13H,3-4,7-10H2,1-2H3,(H,19,21)/b6-5+. The minimum absolute atomic E-state index is 0.106. The van der Waals surface area contributed by atoms with E-state index in [9.17, 15) is 9.59 Å². The van der Waals surface area contributed by atoms with Gasteiger partial charge in [0.25, 0.3) is 0 Å². The fourth-order valence-corrected chi connectivity index (χ4v) is 2.57. The molecule has 0 radical (unpaired) electrons. The highest BCUT2D eigenvalue weighted by Gasteiger charge is 2.17. The maximum absolute atomic E-state index is 11.9. The number of likely N-dealkylation sites (tertiary alicyclic amines) is 1. The van der Waals surface area contributed by atoms with Crippen molar-refractivity contribution in [3.63, 3.8) is 0 Å². The summed E-state index contributed by atoms with van der Waals surface area (Å²) in [5.74, 6) is 1.19. The first-order valence-electron chi connectivity index (χ1n) is 8.09. The molecular weight excluding hydrogens is 308 g/mol. The summed E-state index contributed by atoms with van der Waals surface area (Å²) in [5, 5.41) is 2.73. The molecule has 1 aromatic carbocycles. The molecule has 1 N–H and O–H groups in total. The lowest BCUT2D eigenvalue weighted by Crippen LogP contribution is -2.32. The fourth-order valence-electron chi connectivity index (χ4n) is 2.57. The van der Waals surface area contributed by atoms with Crippen molar-refractivity contribution in [2.45, 2.75) is 19.3 Å². The van der Waals surface area contributed by atoms with Crippen LogP contribution in [-0.2, 0) is 9.59 Å². The molecule has 0 aromatic heterocycles. The minimum atomic E-state index is -0.231. The number of amides is 2. The molecule has 24 heavy (non-hydrogen) atoms. The number of hydrogen-bond donors (Lipinski definition) is 1. The van der Waals surface area contributed by atoms with Crippen LogP contribution in [0.4, 0.5) is 0 Å². The number of rotatable bonds is 7. The number of nitrogens with zero attached hydrogens (tertiary/aromatic N) is 1. The molecule has 0 unspecified atom stereocenters. The third-order valence-corrected chi connectivity index (χ3v) is 3.90. The van der Waals surface area contributed by atoms with Crippen LogP contribution in [-0.4, -0.2) is 50.6 Å². The Hall–Kier alpha value is -2.50. The van der Waals surface area contributed by atoms with Gasteiger partial charge in [-0.05, 0) is 36.6 Å². The average molecular weight is 332 g/mol. The van der Waals surface area contributed by atoms with E-state index in [-0.39, 0.29) is 11.8 Å². The first-order valence-corrected chi connectivity index (χ1v) is 8.09. The number of carbonyl (C=O) groups excluding carboxylic acids is 2. The van der Waals surface area contributed by atoms with Gasteiger partial charge in [0.05, 0.1) is 14.2 Å². The summed E-state index contributed by atoms with van der Waals surface area (Å²) in [4.78, 5) is 25.6. The third-order valence-electron chi connectivity index (χ3n) is 3.90. The monoisotopic (exact) mass is 332 g/mol. The van der Waals surface area contributed by atoms with Crippen molar-refractivity contribution >= 4 is 17.9 Å². The molecule has 2 amide bonds. The molecule has 1 fully saturated rings. The van der Waals surface area contributed by atoms with Crippen LogP contribution in [0.25, 0.3) is 6.08 Å². The Bertz CT molecular complexity index is 585. The molecule has 0 aliphatic carbocycles. The summed E-state index contributed by atoms with van der Waals surface area (Å²) in [6.07, 6.45) is 5.61. The van der Waals surface area contributed by atoms with Crippen molar-refractivity contribution in [3.8, 4) is 11.5 Å². The zero-order valence-corrected chi connectivity index (χ0v) is 14.2. The van der Waals surface area contributed by atoms with Gasteiger partial charge in [-0.25, -0.2) is 0 Å². The molecule has 1 aliphatic heterocycles. The van der Waals surface area contributed by atoms with E-state index in [1.807, 2.05) is 17.0 Å². The molecular formula is C18H24N2O4. The highest BCUT2D eigenvalue weighted by atomic mass is 16.5.